The molecule has 8 aromatic rings. The Hall–Kier alpha value is -7.88. The summed E-state index contributed by atoms with van der Waals surface area (Å²) in [5.74, 6) is 0.824. The van der Waals surface area contributed by atoms with Crippen molar-refractivity contribution >= 4 is 56.5 Å². The standard InChI is InChI=1S/C39H37NO3.C25H25NO4/c1-6-12-26-13-10-16-30(25(2)3)36(26)40-37(41)32-18-11-17-31-34(24-23-33(35(31)32)38(40)42)43-29-21-19-28(20-22-29)39(4,5)27-14-8-7-9-15-27;1-4-7-16-8-5-9-17(15(2)3)23(16)26-24(28)19-11-6-10-18-21(30-14-27)13-12-20(22(18)19)25(26)29/h7-11,13-25H,6,12H2,1-5H3;5-6,8-13,15,27H,4,7,14H2,1-3H3. The molecule has 0 saturated carbocycles. The molecule has 0 fully saturated rings. The van der Waals surface area contributed by atoms with Crippen LogP contribution in [0.25, 0.3) is 21.5 Å². The lowest BCUT2D eigenvalue weighted by Gasteiger charge is -2.31. The topological polar surface area (TPSA) is 113 Å². The maximum atomic E-state index is 14.1. The molecule has 2 heterocycles. The lowest BCUT2D eigenvalue weighted by atomic mass is 9.78. The van der Waals surface area contributed by atoms with Crippen molar-refractivity contribution in [2.75, 3.05) is 16.6 Å². The second-order valence-corrected chi connectivity index (χ2v) is 20.0. The van der Waals surface area contributed by atoms with Gasteiger partial charge in [-0.1, -0.05) is 171 Å². The Morgan fingerprint density at radius 1 is 0.479 bits per heavy atom. The van der Waals surface area contributed by atoms with Gasteiger partial charge in [0.15, 0.2) is 6.79 Å². The second-order valence-electron chi connectivity index (χ2n) is 20.0. The number of ether oxygens (including phenoxy) is 2. The third-order valence-corrected chi connectivity index (χ3v) is 14.3. The van der Waals surface area contributed by atoms with E-state index in [0.29, 0.717) is 61.3 Å². The smallest absolute Gasteiger partial charge is 0.266 e. The van der Waals surface area contributed by atoms with E-state index in [0.717, 1.165) is 59.0 Å². The Balaban J connectivity index is 0.000000192. The van der Waals surface area contributed by atoms with Gasteiger partial charge in [0.2, 0.25) is 0 Å². The van der Waals surface area contributed by atoms with Gasteiger partial charge in [-0.25, -0.2) is 9.80 Å². The Morgan fingerprint density at radius 2 is 0.904 bits per heavy atom. The number of aliphatic hydroxyl groups is 1. The summed E-state index contributed by atoms with van der Waals surface area (Å²) >= 11 is 0. The van der Waals surface area contributed by atoms with Crippen LogP contribution in [-0.4, -0.2) is 35.5 Å². The molecule has 0 atom stereocenters. The highest BCUT2D eigenvalue weighted by Gasteiger charge is 2.39. The number of amides is 4. The fraction of sp³-hybridized carbons (Fsp3) is 0.250. The van der Waals surface area contributed by atoms with E-state index in [-0.39, 0.29) is 40.9 Å². The zero-order valence-electron chi connectivity index (χ0n) is 42.9. The lowest BCUT2D eigenvalue weighted by molar-refractivity contribution is 0.0876. The molecule has 0 saturated heterocycles. The molecule has 0 aliphatic carbocycles. The molecule has 0 bridgehead atoms. The van der Waals surface area contributed by atoms with Crippen LogP contribution in [0.3, 0.4) is 0 Å². The van der Waals surface area contributed by atoms with E-state index in [1.807, 2.05) is 78.9 Å². The molecule has 9 nitrogen and oxygen atoms in total. The molecule has 2 aliphatic rings. The minimum absolute atomic E-state index is 0.155. The fourth-order valence-electron chi connectivity index (χ4n) is 10.6. The normalized spacial score (nSPS) is 13.3. The van der Waals surface area contributed by atoms with Crippen LogP contribution in [0.1, 0.15) is 155 Å². The summed E-state index contributed by atoms with van der Waals surface area (Å²) in [7, 11) is 0. The van der Waals surface area contributed by atoms with Crippen molar-refractivity contribution in [3.05, 3.63) is 207 Å². The van der Waals surface area contributed by atoms with Gasteiger partial charge in [0.1, 0.15) is 17.2 Å². The summed E-state index contributed by atoms with van der Waals surface area (Å²) < 4.78 is 11.7. The number of nitrogens with zero attached hydrogens (tertiary/aromatic N) is 2. The largest absolute Gasteiger partial charge is 0.467 e. The third kappa shape index (κ3) is 9.08. The first-order valence-electron chi connectivity index (χ1n) is 25.4. The first kappa shape index (κ1) is 50.1. The summed E-state index contributed by atoms with van der Waals surface area (Å²) in [4.78, 5) is 58.3. The quantitative estimate of drug-likeness (QED) is 0.0853. The Bertz CT molecular complexity index is 3380. The van der Waals surface area contributed by atoms with E-state index >= 15 is 0 Å². The summed E-state index contributed by atoms with van der Waals surface area (Å²) in [5.41, 5.74) is 9.68. The van der Waals surface area contributed by atoms with Gasteiger partial charge in [0.25, 0.3) is 23.6 Å². The maximum Gasteiger partial charge on any atom is 0.266 e. The number of carbonyl (C=O) groups excluding carboxylic acids is 4. The molecule has 10 rings (SSSR count). The molecule has 370 valence electrons. The summed E-state index contributed by atoms with van der Waals surface area (Å²) in [6.07, 6.45) is 3.41. The van der Waals surface area contributed by atoms with Crippen molar-refractivity contribution in [3.8, 4) is 17.2 Å². The monoisotopic (exact) mass is 970 g/mol. The highest BCUT2D eigenvalue weighted by atomic mass is 16.6. The minimum atomic E-state index is -0.477. The highest BCUT2D eigenvalue weighted by molar-refractivity contribution is 6.37. The van der Waals surface area contributed by atoms with Crippen LogP contribution >= 0.6 is 0 Å². The van der Waals surface area contributed by atoms with E-state index in [1.54, 1.807) is 36.4 Å². The van der Waals surface area contributed by atoms with Gasteiger partial charge in [0.05, 0.1) is 11.4 Å². The van der Waals surface area contributed by atoms with Gasteiger partial charge >= 0.3 is 0 Å². The van der Waals surface area contributed by atoms with Crippen LogP contribution in [0.2, 0.25) is 0 Å². The van der Waals surface area contributed by atoms with Crippen molar-refractivity contribution in [2.24, 2.45) is 0 Å². The van der Waals surface area contributed by atoms with Crippen LogP contribution in [0.4, 0.5) is 11.4 Å². The van der Waals surface area contributed by atoms with E-state index < -0.39 is 6.79 Å². The van der Waals surface area contributed by atoms with Gasteiger partial charge in [-0.3, -0.25) is 19.2 Å². The van der Waals surface area contributed by atoms with E-state index in [2.05, 4.69) is 91.8 Å². The molecule has 73 heavy (non-hydrogen) atoms. The summed E-state index contributed by atoms with van der Waals surface area (Å²) in [6, 6.07) is 48.6. The predicted octanol–water partition coefficient (Wildman–Crippen LogP) is 14.9. The molecule has 9 heteroatoms. The summed E-state index contributed by atoms with van der Waals surface area (Å²) in [5, 5.41) is 11.8. The second kappa shape index (κ2) is 20.7. The number of para-hydroxylation sites is 2. The molecule has 0 aromatic heterocycles. The lowest BCUT2D eigenvalue weighted by Crippen LogP contribution is -2.41. The van der Waals surface area contributed by atoms with Crippen molar-refractivity contribution in [1.29, 1.82) is 0 Å². The minimum Gasteiger partial charge on any atom is -0.467 e. The molecule has 0 radical (unpaired) electrons. The molecule has 2 aliphatic heterocycles. The molecule has 0 unspecified atom stereocenters. The molecular weight excluding hydrogens is 909 g/mol. The van der Waals surface area contributed by atoms with Crippen molar-refractivity contribution in [3.63, 3.8) is 0 Å². The first-order valence-corrected chi connectivity index (χ1v) is 25.4. The molecular formula is C64H62N2O7. The average Bonchev–Trinajstić information content (AvgIpc) is 3.39. The zero-order valence-corrected chi connectivity index (χ0v) is 42.9. The number of imide groups is 2. The average molecular weight is 971 g/mol. The van der Waals surface area contributed by atoms with Crippen LogP contribution in [0.15, 0.2) is 152 Å². The predicted molar refractivity (Wildman–Crippen MR) is 292 cm³/mol. The number of anilines is 2. The number of aliphatic hydroxyl groups excluding tert-OH is 1. The molecule has 8 aromatic carbocycles. The third-order valence-electron chi connectivity index (χ3n) is 14.3. The van der Waals surface area contributed by atoms with Gasteiger partial charge in [-0.05, 0) is 107 Å². The van der Waals surface area contributed by atoms with E-state index in [4.69, 9.17) is 9.47 Å². The number of aryl methyl sites for hydroxylation is 2. The number of carbonyl (C=O) groups is 4. The Labute approximate surface area is 428 Å². The van der Waals surface area contributed by atoms with Crippen LogP contribution in [0.5, 0.6) is 17.2 Å². The van der Waals surface area contributed by atoms with Gasteiger partial charge in [0, 0.05) is 49.2 Å². The zero-order chi connectivity index (χ0) is 51.7. The Kier molecular flexibility index (Phi) is 14.2. The van der Waals surface area contributed by atoms with E-state index in [1.165, 1.54) is 20.9 Å². The fourth-order valence-corrected chi connectivity index (χ4v) is 10.6. The van der Waals surface area contributed by atoms with Crippen molar-refractivity contribution in [2.45, 2.75) is 98.3 Å². The molecule has 4 amide bonds. The van der Waals surface area contributed by atoms with Gasteiger partial charge in [-0.15, -0.1) is 0 Å². The number of hydrogen-bond acceptors (Lipinski definition) is 7. The highest BCUT2D eigenvalue weighted by Crippen LogP contribution is 2.44. The molecule has 1 N–H and O–H groups in total. The molecule has 0 spiro atoms. The SMILES string of the molecule is CCCc1cccc(C(C)C)c1N1C(=O)c2cccc3c(OCO)ccc(c23)C1=O.CCCc1cccc(C(C)C)c1N1C(=O)c2cccc3c(Oc4ccc(C(C)(C)c5ccccc5)cc4)ccc(c23)C1=O. The Morgan fingerprint density at radius 3 is 1.36 bits per heavy atom. The van der Waals surface area contributed by atoms with Crippen molar-refractivity contribution in [1.82, 2.24) is 0 Å². The van der Waals surface area contributed by atoms with Gasteiger partial charge < -0.3 is 14.6 Å². The first-order chi connectivity index (χ1) is 35.2. The van der Waals surface area contributed by atoms with Gasteiger partial charge in [-0.2, -0.15) is 0 Å². The van der Waals surface area contributed by atoms with Crippen LogP contribution in [0, 0.1) is 0 Å². The van der Waals surface area contributed by atoms with Crippen molar-refractivity contribution < 1.29 is 33.8 Å². The number of benzene rings is 8. The number of hydrogen-bond donors (Lipinski definition) is 1. The van der Waals surface area contributed by atoms with Crippen LogP contribution < -0.4 is 19.3 Å². The maximum absolute atomic E-state index is 14.1. The van der Waals surface area contributed by atoms with Crippen LogP contribution in [-0.2, 0) is 18.3 Å². The van der Waals surface area contributed by atoms with E-state index in [9.17, 15) is 24.3 Å². The number of rotatable bonds is 14. The summed E-state index contributed by atoms with van der Waals surface area (Å²) in [6.45, 7) is 16.5.